The summed E-state index contributed by atoms with van der Waals surface area (Å²) < 4.78 is 1.47. The van der Waals surface area contributed by atoms with E-state index in [1.54, 1.807) is 6.07 Å². The van der Waals surface area contributed by atoms with Gasteiger partial charge in [-0.15, -0.1) is 0 Å². The van der Waals surface area contributed by atoms with Crippen molar-refractivity contribution in [3.63, 3.8) is 0 Å². The molecule has 1 N–H and O–H groups in total. The van der Waals surface area contributed by atoms with E-state index in [1.807, 2.05) is 0 Å². The molecule has 18 heavy (non-hydrogen) atoms. The van der Waals surface area contributed by atoms with Crippen LogP contribution in [0.5, 0.6) is 0 Å². The third kappa shape index (κ3) is 2.30. The first-order valence-electron chi connectivity index (χ1n) is 6.61. The molecule has 1 fully saturated rings. The summed E-state index contributed by atoms with van der Waals surface area (Å²) in [5.41, 5.74) is 2.08. The Bertz CT molecular complexity index is 532. The summed E-state index contributed by atoms with van der Waals surface area (Å²) in [6.07, 6.45) is 5.02. The lowest BCUT2D eigenvalue weighted by Gasteiger charge is -2.07. The van der Waals surface area contributed by atoms with Crippen molar-refractivity contribution < 1.29 is 4.79 Å². The second-order valence-corrected chi connectivity index (χ2v) is 5.10. The minimum Gasteiger partial charge on any atom is -0.354 e. The Morgan fingerprint density at radius 3 is 3.06 bits per heavy atom. The molecule has 0 unspecified atom stereocenters. The first-order valence-corrected chi connectivity index (χ1v) is 6.61. The van der Waals surface area contributed by atoms with Gasteiger partial charge in [0.15, 0.2) is 0 Å². The topological polar surface area (TPSA) is 64.0 Å². The van der Waals surface area contributed by atoms with Gasteiger partial charge in [-0.2, -0.15) is 5.10 Å². The van der Waals surface area contributed by atoms with Gasteiger partial charge in [-0.3, -0.25) is 9.59 Å². The zero-order valence-electron chi connectivity index (χ0n) is 10.3. The first-order chi connectivity index (χ1) is 8.74. The Labute approximate surface area is 105 Å². The van der Waals surface area contributed by atoms with Gasteiger partial charge in [0.1, 0.15) is 0 Å². The molecule has 5 nitrogen and oxygen atoms in total. The van der Waals surface area contributed by atoms with Gasteiger partial charge in [-0.05, 0) is 37.7 Å². The molecule has 0 atom stereocenters. The van der Waals surface area contributed by atoms with E-state index < -0.39 is 0 Å². The van der Waals surface area contributed by atoms with E-state index in [0.29, 0.717) is 13.1 Å². The van der Waals surface area contributed by atoms with E-state index in [1.165, 1.54) is 4.68 Å². The van der Waals surface area contributed by atoms with Gasteiger partial charge in [0, 0.05) is 18.5 Å². The Kier molecular flexibility index (Phi) is 2.89. The zero-order valence-corrected chi connectivity index (χ0v) is 10.3. The summed E-state index contributed by atoms with van der Waals surface area (Å²) in [6, 6.07) is 1.69. The van der Waals surface area contributed by atoms with Crippen molar-refractivity contribution in [2.24, 2.45) is 5.92 Å². The summed E-state index contributed by atoms with van der Waals surface area (Å²) in [6.45, 7) is 0.950. The number of nitrogens with zero attached hydrogens (tertiary/aromatic N) is 2. The predicted molar refractivity (Wildman–Crippen MR) is 66.3 cm³/mol. The van der Waals surface area contributed by atoms with E-state index in [9.17, 15) is 9.59 Å². The number of hydrogen-bond donors (Lipinski definition) is 1. The molecule has 1 aromatic heterocycles. The van der Waals surface area contributed by atoms with Crippen molar-refractivity contribution in [3.05, 3.63) is 27.7 Å². The summed E-state index contributed by atoms with van der Waals surface area (Å²) in [4.78, 5) is 23.2. The third-order valence-corrected chi connectivity index (χ3v) is 3.59. The molecule has 1 saturated carbocycles. The van der Waals surface area contributed by atoms with E-state index in [4.69, 9.17) is 0 Å². The standard InChI is InChI=1S/C13H17N3O2/c17-12-8-10-2-1-3-11(10)15-16(12)7-6-14-13(18)9-4-5-9/h8-9H,1-7H2,(H,14,18). The van der Waals surface area contributed by atoms with Crippen molar-refractivity contribution in [1.29, 1.82) is 0 Å². The molecule has 1 amide bonds. The Hall–Kier alpha value is -1.65. The minimum atomic E-state index is -0.0590. The highest BCUT2D eigenvalue weighted by atomic mass is 16.2. The van der Waals surface area contributed by atoms with Crippen LogP contribution in [0.3, 0.4) is 0 Å². The lowest BCUT2D eigenvalue weighted by atomic mass is 10.2. The maximum absolute atomic E-state index is 11.8. The quantitative estimate of drug-likeness (QED) is 0.830. The third-order valence-electron chi connectivity index (χ3n) is 3.59. The van der Waals surface area contributed by atoms with Gasteiger partial charge >= 0.3 is 0 Å². The molecule has 0 spiro atoms. The van der Waals surface area contributed by atoms with Crippen LogP contribution in [0.15, 0.2) is 10.9 Å². The number of aromatic nitrogens is 2. The minimum absolute atomic E-state index is 0.0590. The van der Waals surface area contributed by atoms with E-state index in [-0.39, 0.29) is 17.4 Å². The number of fused-ring (bicyclic) bond motifs is 1. The SMILES string of the molecule is O=C(NCCn1nc2c(cc1=O)CCC2)C1CC1. The van der Waals surface area contributed by atoms with Crippen LogP contribution in [0.2, 0.25) is 0 Å². The highest BCUT2D eigenvalue weighted by molar-refractivity contribution is 5.80. The fourth-order valence-corrected chi connectivity index (χ4v) is 2.37. The number of rotatable bonds is 4. The van der Waals surface area contributed by atoms with Gasteiger partial charge in [-0.1, -0.05) is 0 Å². The molecule has 1 heterocycles. The summed E-state index contributed by atoms with van der Waals surface area (Å²) in [7, 11) is 0. The van der Waals surface area contributed by atoms with Crippen LogP contribution in [0.1, 0.15) is 30.5 Å². The Morgan fingerprint density at radius 1 is 1.44 bits per heavy atom. The average molecular weight is 247 g/mol. The smallest absolute Gasteiger partial charge is 0.267 e. The molecule has 0 bridgehead atoms. The summed E-state index contributed by atoms with van der Waals surface area (Å²) >= 11 is 0. The molecule has 0 aromatic carbocycles. The van der Waals surface area contributed by atoms with E-state index in [0.717, 1.165) is 43.4 Å². The maximum Gasteiger partial charge on any atom is 0.267 e. The van der Waals surface area contributed by atoms with Gasteiger partial charge in [-0.25, -0.2) is 4.68 Å². The zero-order chi connectivity index (χ0) is 12.5. The van der Waals surface area contributed by atoms with Crippen molar-refractivity contribution in [2.75, 3.05) is 6.54 Å². The molecular formula is C13H17N3O2. The van der Waals surface area contributed by atoms with Gasteiger partial charge in [0.25, 0.3) is 5.56 Å². The van der Waals surface area contributed by atoms with Crippen LogP contribution >= 0.6 is 0 Å². The van der Waals surface area contributed by atoms with Crippen molar-refractivity contribution in [3.8, 4) is 0 Å². The highest BCUT2D eigenvalue weighted by Gasteiger charge is 2.29. The number of aryl methyl sites for hydroxylation is 2. The highest BCUT2D eigenvalue weighted by Crippen LogP contribution is 2.28. The summed E-state index contributed by atoms with van der Waals surface area (Å²) in [5, 5.41) is 7.21. The monoisotopic (exact) mass is 247 g/mol. The average Bonchev–Trinajstić information content (AvgIpc) is 3.10. The van der Waals surface area contributed by atoms with Crippen LogP contribution < -0.4 is 10.9 Å². The number of amides is 1. The molecule has 2 aliphatic rings. The molecule has 2 aliphatic carbocycles. The molecular weight excluding hydrogens is 230 g/mol. The van der Waals surface area contributed by atoms with Crippen molar-refractivity contribution in [1.82, 2.24) is 15.1 Å². The van der Waals surface area contributed by atoms with Crippen LogP contribution in [0.25, 0.3) is 0 Å². The second-order valence-electron chi connectivity index (χ2n) is 5.10. The first kappa shape index (κ1) is 11.4. The summed E-state index contributed by atoms with van der Waals surface area (Å²) in [5.74, 6) is 0.332. The normalized spacial score (nSPS) is 17.6. The fraction of sp³-hybridized carbons (Fsp3) is 0.615. The molecule has 1 aromatic rings. The molecule has 96 valence electrons. The molecule has 0 saturated heterocycles. The second kappa shape index (κ2) is 4.55. The predicted octanol–water partition coefficient (Wildman–Crippen LogP) is 0.258. The maximum atomic E-state index is 11.8. The molecule has 3 rings (SSSR count). The fourth-order valence-electron chi connectivity index (χ4n) is 2.37. The molecule has 0 aliphatic heterocycles. The molecule has 5 heteroatoms. The lowest BCUT2D eigenvalue weighted by molar-refractivity contribution is -0.122. The van der Waals surface area contributed by atoms with E-state index in [2.05, 4.69) is 10.4 Å². The van der Waals surface area contributed by atoms with Gasteiger partial charge in [0.2, 0.25) is 5.91 Å². The van der Waals surface area contributed by atoms with Gasteiger partial charge in [0.05, 0.1) is 12.2 Å². The van der Waals surface area contributed by atoms with Crippen LogP contribution in [-0.2, 0) is 24.2 Å². The van der Waals surface area contributed by atoms with Crippen LogP contribution in [0, 0.1) is 5.92 Å². The van der Waals surface area contributed by atoms with Crippen LogP contribution in [-0.4, -0.2) is 22.2 Å². The number of hydrogen-bond acceptors (Lipinski definition) is 3. The van der Waals surface area contributed by atoms with Crippen molar-refractivity contribution >= 4 is 5.91 Å². The number of carbonyl (C=O) groups excluding carboxylic acids is 1. The Balaban J connectivity index is 1.62. The number of nitrogens with one attached hydrogen (secondary N) is 1. The molecule has 0 radical (unpaired) electrons. The van der Waals surface area contributed by atoms with Gasteiger partial charge < -0.3 is 5.32 Å². The largest absolute Gasteiger partial charge is 0.354 e. The number of carbonyl (C=O) groups is 1. The van der Waals surface area contributed by atoms with Crippen LogP contribution in [0.4, 0.5) is 0 Å². The Morgan fingerprint density at radius 2 is 2.28 bits per heavy atom. The van der Waals surface area contributed by atoms with E-state index >= 15 is 0 Å². The van der Waals surface area contributed by atoms with Crippen molar-refractivity contribution in [2.45, 2.75) is 38.6 Å². The lowest BCUT2D eigenvalue weighted by Crippen LogP contribution is -2.33.